The maximum Gasteiger partial charge on any atom is 0.339 e. The Hall–Kier alpha value is -4.13. The van der Waals surface area contributed by atoms with Gasteiger partial charge in [-0.1, -0.05) is 24.3 Å². The monoisotopic (exact) mass is 418 g/mol. The van der Waals surface area contributed by atoms with Gasteiger partial charge in [-0.2, -0.15) is 0 Å². The predicted molar refractivity (Wildman–Crippen MR) is 118 cm³/mol. The first kappa shape index (κ1) is 21.6. The molecule has 0 spiro atoms. The molecule has 7 heteroatoms. The third-order valence-corrected chi connectivity index (χ3v) is 4.54. The smallest absolute Gasteiger partial charge is 0.339 e. The van der Waals surface area contributed by atoms with Crippen LogP contribution in [-0.2, 0) is 16.0 Å². The molecule has 0 atom stereocenters. The molecule has 3 aromatic rings. The highest BCUT2D eigenvalue weighted by Gasteiger charge is 2.14. The van der Waals surface area contributed by atoms with Gasteiger partial charge < -0.3 is 20.1 Å². The number of carbonyl (C=O) groups excluding carboxylic acids is 3. The van der Waals surface area contributed by atoms with Gasteiger partial charge in [0.1, 0.15) is 5.75 Å². The van der Waals surface area contributed by atoms with Gasteiger partial charge in [-0.3, -0.25) is 9.59 Å². The molecule has 2 N–H and O–H groups in total. The summed E-state index contributed by atoms with van der Waals surface area (Å²) in [5.41, 5.74) is 2.44. The quantitative estimate of drug-likeness (QED) is 0.568. The van der Waals surface area contributed by atoms with Gasteiger partial charge in [0.2, 0.25) is 5.91 Å². The van der Waals surface area contributed by atoms with Crippen LogP contribution in [0, 0.1) is 0 Å². The number of methoxy groups -OCH3 is 2. The Bertz CT molecular complexity index is 1080. The summed E-state index contributed by atoms with van der Waals surface area (Å²) in [5.74, 6) is -0.361. The topological polar surface area (TPSA) is 93.7 Å². The second-order valence-corrected chi connectivity index (χ2v) is 6.64. The van der Waals surface area contributed by atoms with Gasteiger partial charge in [0.25, 0.3) is 5.91 Å². The Morgan fingerprint density at radius 1 is 0.806 bits per heavy atom. The fourth-order valence-corrected chi connectivity index (χ4v) is 2.91. The lowest BCUT2D eigenvalue weighted by atomic mass is 10.1. The number of esters is 1. The molecule has 2 amide bonds. The number of hydrogen-bond donors (Lipinski definition) is 2. The lowest BCUT2D eigenvalue weighted by molar-refractivity contribution is -0.115. The van der Waals surface area contributed by atoms with Crippen molar-refractivity contribution in [1.29, 1.82) is 0 Å². The van der Waals surface area contributed by atoms with Crippen LogP contribution in [0.2, 0.25) is 0 Å². The number of para-hydroxylation sites is 1. The first-order chi connectivity index (χ1) is 15.0. The van der Waals surface area contributed by atoms with Crippen molar-refractivity contribution in [2.75, 3.05) is 24.9 Å². The van der Waals surface area contributed by atoms with Gasteiger partial charge in [-0.05, 0) is 54.1 Å². The van der Waals surface area contributed by atoms with E-state index in [1.165, 1.54) is 7.11 Å². The van der Waals surface area contributed by atoms with Crippen LogP contribution in [0.5, 0.6) is 5.75 Å². The molecule has 0 aliphatic rings. The highest BCUT2D eigenvalue weighted by Crippen LogP contribution is 2.18. The summed E-state index contributed by atoms with van der Waals surface area (Å²) in [6.45, 7) is 0. The van der Waals surface area contributed by atoms with E-state index in [4.69, 9.17) is 9.47 Å². The maximum atomic E-state index is 12.5. The molecule has 0 bridgehead atoms. The van der Waals surface area contributed by atoms with Gasteiger partial charge >= 0.3 is 5.97 Å². The van der Waals surface area contributed by atoms with Crippen LogP contribution in [0.25, 0.3) is 0 Å². The molecule has 0 unspecified atom stereocenters. The lowest BCUT2D eigenvalue weighted by Crippen LogP contribution is -2.16. The van der Waals surface area contributed by atoms with Crippen molar-refractivity contribution in [2.24, 2.45) is 0 Å². The zero-order valence-electron chi connectivity index (χ0n) is 17.2. The van der Waals surface area contributed by atoms with Crippen LogP contribution in [0.4, 0.5) is 11.4 Å². The van der Waals surface area contributed by atoms with E-state index in [9.17, 15) is 14.4 Å². The van der Waals surface area contributed by atoms with Crippen molar-refractivity contribution in [1.82, 2.24) is 0 Å². The van der Waals surface area contributed by atoms with E-state index in [0.717, 1.165) is 11.3 Å². The molecule has 0 aliphatic heterocycles. The molecule has 0 heterocycles. The lowest BCUT2D eigenvalue weighted by Gasteiger charge is -2.10. The van der Waals surface area contributed by atoms with Crippen LogP contribution < -0.4 is 15.4 Å². The number of hydrogen-bond acceptors (Lipinski definition) is 5. The van der Waals surface area contributed by atoms with Crippen molar-refractivity contribution in [3.8, 4) is 5.75 Å². The van der Waals surface area contributed by atoms with E-state index in [0.29, 0.717) is 16.9 Å². The number of amides is 2. The molecule has 0 fully saturated rings. The molecule has 0 aliphatic carbocycles. The normalized spacial score (nSPS) is 10.1. The number of benzene rings is 3. The third kappa shape index (κ3) is 5.70. The average molecular weight is 418 g/mol. The highest BCUT2D eigenvalue weighted by atomic mass is 16.5. The predicted octanol–water partition coefficient (Wildman–Crippen LogP) is 3.92. The Labute approximate surface area is 180 Å². The number of ether oxygens (including phenoxy) is 2. The summed E-state index contributed by atoms with van der Waals surface area (Å²) in [6.07, 6.45) is 0.219. The molecular formula is C24H22N2O5. The minimum atomic E-state index is -0.536. The van der Waals surface area contributed by atoms with Crippen LogP contribution in [0.1, 0.15) is 26.3 Å². The Morgan fingerprint density at radius 3 is 2.13 bits per heavy atom. The van der Waals surface area contributed by atoms with Gasteiger partial charge in [-0.15, -0.1) is 0 Å². The molecule has 7 nitrogen and oxygen atoms in total. The van der Waals surface area contributed by atoms with Gasteiger partial charge in [0, 0.05) is 11.3 Å². The number of anilines is 2. The Kier molecular flexibility index (Phi) is 7.01. The maximum absolute atomic E-state index is 12.5. The fourth-order valence-electron chi connectivity index (χ4n) is 2.91. The summed E-state index contributed by atoms with van der Waals surface area (Å²) in [7, 11) is 2.87. The zero-order chi connectivity index (χ0) is 22.2. The second kappa shape index (κ2) is 10.1. The van der Waals surface area contributed by atoms with Gasteiger partial charge in [0.15, 0.2) is 0 Å². The summed E-state index contributed by atoms with van der Waals surface area (Å²) in [4.78, 5) is 36.6. The zero-order valence-corrected chi connectivity index (χ0v) is 17.2. The summed E-state index contributed by atoms with van der Waals surface area (Å²) in [6, 6.07) is 20.3. The largest absolute Gasteiger partial charge is 0.497 e. The highest BCUT2D eigenvalue weighted by molar-refractivity contribution is 6.08. The third-order valence-electron chi connectivity index (χ3n) is 4.54. The van der Waals surface area contributed by atoms with E-state index >= 15 is 0 Å². The number of nitrogens with one attached hydrogen (secondary N) is 2. The molecule has 0 aromatic heterocycles. The van der Waals surface area contributed by atoms with Gasteiger partial charge in [0.05, 0.1) is 31.9 Å². The number of rotatable bonds is 7. The second-order valence-electron chi connectivity index (χ2n) is 6.64. The van der Waals surface area contributed by atoms with Crippen LogP contribution >= 0.6 is 0 Å². The van der Waals surface area contributed by atoms with E-state index in [-0.39, 0.29) is 23.8 Å². The summed E-state index contributed by atoms with van der Waals surface area (Å²) < 4.78 is 9.84. The standard InChI is InChI=1S/C24H22N2O5/c1-30-19-13-7-16(8-14-19)15-22(27)25-18-11-9-17(10-12-18)23(28)26-21-6-4-3-5-20(21)24(29)31-2/h3-14H,15H2,1-2H3,(H,25,27)(H,26,28). The van der Waals surface area contributed by atoms with Gasteiger partial charge in [-0.25, -0.2) is 4.79 Å². The SMILES string of the molecule is COC(=O)c1ccccc1NC(=O)c1ccc(NC(=O)Cc2ccc(OC)cc2)cc1. The molecular weight excluding hydrogens is 396 g/mol. The molecule has 0 saturated carbocycles. The van der Waals surface area contributed by atoms with Crippen molar-refractivity contribution in [2.45, 2.75) is 6.42 Å². The van der Waals surface area contributed by atoms with E-state index in [2.05, 4.69) is 10.6 Å². The minimum Gasteiger partial charge on any atom is -0.497 e. The Balaban J connectivity index is 1.61. The van der Waals surface area contributed by atoms with E-state index in [1.54, 1.807) is 67.8 Å². The molecule has 3 aromatic carbocycles. The first-order valence-corrected chi connectivity index (χ1v) is 9.51. The number of carbonyl (C=O) groups is 3. The van der Waals surface area contributed by atoms with Crippen molar-refractivity contribution in [3.05, 3.63) is 89.5 Å². The average Bonchev–Trinajstić information content (AvgIpc) is 2.79. The van der Waals surface area contributed by atoms with Crippen molar-refractivity contribution < 1.29 is 23.9 Å². The summed E-state index contributed by atoms with van der Waals surface area (Å²) in [5, 5.41) is 5.51. The first-order valence-electron chi connectivity index (χ1n) is 9.51. The molecule has 158 valence electrons. The molecule has 31 heavy (non-hydrogen) atoms. The Morgan fingerprint density at radius 2 is 1.48 bits per heavy atom. The minimum absolute atomic E-state index is 0.172. The fraction of sp³-hybridized carbons (Fsp3) is 0.125. The van der Waals surface area contributed by atoms with E-state index < -0.39 is 5.97 Å². The molecule has 0 radical (unpaired) electrons. The van der Waals surface area contributed by atoms with Crippen LogP contribution in [0.3, 0.4) is 0 Å². The van der Waals surface area contributed by atoms with Crippen LogP contribution in [0.15, 0.2) is 72.8 Å². The van der Waals surface area contributed by atoms with Crippen molar-refractivity contribution in [3.63, 3.8) is 0 Å². The molecule has 0 saturated heterocycles. The van der Waals surface area contributed by atoms with Crippen LogP contribution in [-0.4, -0.2) is 32.0 Å². The van der Waals surface area contributed by atoms with E-state index in [1.807, 2.05) is 12.1 Å². The summed E-state index contributed by atoms with van der Waals surface area (Å²) >= 11 is 0. The van der Waals surface area contributed by atoms with Crippen molar-refractivity contribution >= 4 is 29.2 Å². The molecule has 3 rings (SSSR count).